The van der Waals surface area contributed by atoms with Gasteiger partial charge in [-0.05, 0) is 54.7 Å². The number of ether oxygens (including phenoxy) is 2. The zero-order chi connectivity index (χ0) is 28.6. The standard InChI is InChI=1S/C33H33N3O3S/c1-6-22-9-8-10-23(7-2)32(22)36-31(37)20-40-33-27(19-34)26(25-15-16-29(38-4)30(17-25)39-5)18-28(35-33)24-13-11-21(3)12-14-24/h8-18H,6-7,20H2,1-5H3,(H,36,37). The monoisotopic (exact) mass is 551 g/mol. The SMILES string of the molecule is CCc1cccc(CC)c1NC(=O)CSc1nc(-c2ccc(C)cc2)cc(-c2ccc(OC)c(OC)c2)c1C#N. The Hall–Kier alpha value is -4.28. The van der Waals surface area contributed by atoms with Gasteiger partial charge in [-0.2, -0.15) is 5.26 Å². The predicted octanol–water partition coefficient (Wildman–Crippen LogP) is 7.47. The van der Waals surface area contributed by atoms with Gasteiger partial charge in [-0.3, -0.25) is 4.79 Å². The number of benzene rings is 3. The number of para-hydroxylation sites is 1. The number of pyridine rings is 1. The molecule has 0 spiro atoms. The lowest BCUT2D eigenvalue weighted by molar-refractivity contribution is -0.113. The molecule has 0 aliphatic heterocycles. The molecule has 1 amide bonds. The number of hydrogen-bond acceptors (Lipinski definition) is 6. The summed E-state index contributed by atoms with van der Waals surface area (Å²) >= 11 is 1.26. The van der Waals surface area contributed by atoms with Crippen molar-refractivity contribution in [3.8, 4) is 40.0 Å². The van der Waals surface area contributed by atoms with Gasteiger partial charge in [0.05, 0.1) is 31.2 Å². The van der Waals surface area contributed by atoms with Gasteiger partial charge in [0.1, 0.15) is 11.1 Å². The number of rotatable bonds is 10. The van der Waals surface area contributed by atoms with Crippen LogP contribution in [0.15, 0.2) is 71.8 Å². The number of hydrogen-bond donors (Lipinski definition) is 1. The van der Waals surface area contributed by atoms with Crippen LogP contribution in [-0.4, -0.2) is 30.9 Å². The molecule has 0 radical (unpaired) electrons. The molecule has 204 valence electrons. The molecule has 0 fully saturated rings. The Balaban J connectivity index is 1.74. The maximum atomic E-state index is 13.2. The van der Waals surface area contributed by atoms with Crippen molar-refractivity contribution in [3.05, 3.63) is 89.0 Å². The van der Waals surface area contributed by atoms with Crippen molar-refractivity contribution in [2.75, 3.05) is 25.3 Å². The summed E-state index contributed by atoms with van der Waals surface area (Å²) in [5, 5.41) is 13.9. The fraction of sp³-hybridized carbons (Fsp3) is 0.242. The third kappa shape index (κ3) is 6.30. The number of aryl methyl sites for hydroxylation is 3. The number of nitrogens with zero attached hydrogens (tertiary/aromatic N) is 2. The van der Waals surface area contributed by atoms with E-state index in [1.54, 1.807) is 14.2 Å². The van der Waals surface area contributed by atoms with Gasteiger partial charge in [0.2, 0.25) is 5.91 Å². The molecule has 4 aromatic rings. The van der Waals surface area contributed by atoms with Gasteiger partial charge in [-0.25, -0.2) is 4.98 Å². The van der Waals surface area contributed by atoms with Crippen LogP contribution >= 0.6 is 11.8 Å². The molecule has 3 aromatic carbocycles. The number of carbonyl (C=O) groups is 1. The molecule has 1 N–H and O–H groups in total. The lowest BCUT2D eigenvalue weighted by Gasteiger charge is -2.16. The Kier molecular flexibility index (Phi) is 9.47. The molecule has 4 rings (SSSR count). The summed E-state index contributed by atoms with van der Waals surface area (Å²) < 4.78 is 10.9. The Labute approximate surface area is 240 Å². The van der Waals surface area contributed by atoms with E-state index in [9.17, 15) is 10.1 Å². The molecular weight excluding hydrogens is 518 g/mol. The molecule has 0 bridgehead atoms. The highest BCUT2D eigenvalue weighted by molar-refractivity contribution is 8.00. The van der Waals surface area contributed by atoms with E-state index in [4.69, 9.17) is 14.5 Å². The van der Waals surface area contributed by atoms with Crippen LogP contribution in [0.1, 0.15) is 36.1 Å². The van der Waals surface area contributed by atoms with Crippen molar-refractivity contribution in [2.45, 2.75) is 38.6 Å². The second kappa shape index (κ2) is 13.2. The third-order valence-corrected chi connectivity index (χ3v) is 7.72. The van der Waals surface area contributed by atoms with Crippen molar-refractivity contribution in [2.24, 2.45) is 0 Å². The Morgan fingerprint density at radius 2 is 1.57 bits per heavy atom. The van der Waals surface area contributed by atoms with Gasteiger partial charge in [-0.1, -0.05) is 79.7 Å². The number of nitrogens with one attached hydrogen (secondary N) is 1. The smallest absolute Gasteiger partial charge is 0.234 e. The van der Waals surface area contributed by atoms with Crippen LogP contribution in [0.5, 0.6) is 11.5 Å². The van der Waals surface area contributed by atoms with E-state index in [2.05, 4.69) is 25.2 Å². The summed E-state index contributed by atoms with van der Waals surface area (Å²) in [6, 6.07) is 24.0. The lowest BCUT2D eigenvalue weighted by atomic mass is 9.98. The predicted molar refractivity (Wildman–Crippen MR) is 162 cm³/mol. The summed E-state index contributed by atoms with van der Waals surface area (Å²) in [6.07, 6.45) is 1.65. The van der Waals surface area contributed by atoms with E-state index < -0.39 is 0 Å². The minimum Gasteiger partial charge on any atom is -0.493 e. The fourth-order valence-electron chi connectivity index (χ4n) is 4.55. The molecule has 0 atom stereocenters. The van der Waals surface area contributed by atoms with E-state index in [-0.39, 0.29) is 11.7 Å². The average molecular weight is 552 g/mol. The van der Waals surface area contributed by atoms with Crippen molar-refractivity contribution in [1.82, 2.24) is 4.98 Å². The number of carbonyl (C=O) groups excluding carboxylic acids is 1. The molecule has 0 aliphatic carbocycles. The van der Waals surface area contributed by atoms with Gasteiger partial charge in [0.25, 0.3) is 0 Å². The fourth-order valence-corrected chi connectivity index (χ4v) is 5.35. The molecule has 0 unspecified atom stereocenters. The Morgan fingerprint density at radius 3 is 2.17 bits per heavy atom. The minimum atomic E-state index is -0.139. The zero-order valence-electron chi connectivity index (χ0n) is 23.5. The maximum Gasteiger partial charge on any atom is 0.234 e. The lowest BCUT2D eigenvalue weighted by Crippen LogP contribution is -2.17. The Bertz CT molecular complexity index is 1540. The van der Waals surface area contributed by atoms with E-state index >= 15 is 0 Å². The highest BCUT2D eigenvalue weighted by Crippen LogP contribution is 2.38. The number of methoxy groups -OCH3 is 2. The van der Waals surface area contributed by atoms with Crippen molar-refractivity contribution >= 4 is 23.4 Å². The molecule has 0 aliphatic rings. The van der Waals surface area contributed by atoms with E-state index in [1.165, 1.54) is 11.8 Å². The number of amides is 1. The van der Waals surface area contributed by atoms with E-state index in [1.807, 2.05) is 73.7 Å². The van der Waals surface area contributed by atoms with Crippen molar-refractivity contribution in [1.29, 1.82) is 5.26 Å². The molecular formula is C33H33N3O3S. The number of thioether (sulfide) groups is 1. The highest BCUT2D eigenvalue weighted by atomic mass is 32.2. The summed E-state index contributed by atoms with van der Waals surface area (Å²) in [6.45, 7) is 6.19. The minimum absolute atomic E-state index is 0.117. The van der Waals surface area contributed by atoms with Gasteiger partial charge < -0.3 is 14.8 Å². The first-order chi connectivity index (χ1) is 19.4. The number of aromatic nitrogens is 1. The Morgan fingerprint density at radius 1 is 0.925 bits per heavy atom. The van der Waals surface area contributed by atoms with Gasteiger partial charge in [-0.15, -0.1) is 0 Å². The summed E-state index contributed by atoms with van der Waals surface area (Å²) in [7, 11) is 3.17. The van der Waals surface area contributed by atoms with Crippen LogP contribution in [0.25, 0.3) is 22.4 Å². The first kappa shape index (κ1) is 28.7. The van der Waals surface area contributed by atoms with Crippen LogP contribution in [0.2, 0.25) is 0 Å². The van der Waals surface area contributed by atoms with Gasteiger partial charge >= 0.3 is 0 Å². The largest absolute Gasteiger partial charge is 0.493 e. The van der Waals surface area contributed by atoms with E-state index in [0.717, 1.165) is 52.0 Å². The van der Waals surface area contributed by atoms with Gasteiger partial charge in [0, 0.05) is 16.8 Å². The quantitative estimate of drug-likeness (QED) is 0.206. The summed E-state index contributed by atoms with van der Waals surface area (Å²) in [5.74, 6) is 1.14. The first-order valence-electron chi connectivity index (χ1n) is 13.2. The maximum absolute atomic E-state index is 13.2. The highest BCUT2D eigenvalue weighted by Gasteiger charge is 2.19. The number of anilines is 1. The topological polar surface area (TPSA) is 84.2 Å². The van der Waals surface area contributed by atoms with Crippen LogP contribution in [0.3, 0.4) is 0 Å². The summed E-state index contributed by atoms with van der Waals surface area (Å²) in [4.78, 5) is 18.0. The molecule has 0 saturated heterocycles. The molecule has 6 nitrogen and oxygen atoms in total. The first-order valence-corrected chi connectivity index (χ1v) is 14.2. The average Bonchev–Trinajstić information content (AvgIpc) is 2.99. The van der Waals surface area contributed by atoms with E-state index in [0.29, 0.717) is 27.7 Å². The van der Waals surface area contributed by atoms with Crippen molar-refractivity contribution < 1.29 is 14.3 Å². The van der Waals surface area contributed by atoms with Crippen LogP contribution in [0.4, 0.5) is 5.69 Å². The molecule has 40 heavy (non-hydrogen) atoms. The molecule has 7 heteroatoms. The second-order valence-electron chi connectivity index (χ2n) is 9.28. The molecule has 1 heterocycles. The zero-order valence-corrected chi connectivity index (χ0v) is 24.3. The summed E-state index contributed by atoms with van der Waals surface area (Å²) in [5.41, 5.74) is 7.78. The third-order valence-electron chi connectivity index (χ3n) is 6.74. The van der Waals surface area contributed by atoms with Crippen molar-refractivity contribution in [3.63, 3.8) is 0 Å². The van der Waals surface area contributed by atoms with Crippen LogP contribution in [0, 0.1) is 18.3 Å². The van der Waals surface area contributed by atoms with Gasteiger partial charge in [0.15, 0.2) is 11.5 Å². The number of nitriles is 1. The molecule has 0 saturated carbocycles. The van der Waals surface area contributed by atoms with Crippen LogP contribution < -0.4 is 14.8 Å². The van der Waals surface area contributed by atoms with Crippen LogP contribution in [-0.2, 0) is 17.6 Å². The molecule has 1 aromatic heterocycles. The second-order valence-corrected chi connectivity index (χ2v) is 10.2. The normalized spacial score (nSPS) is 10.6.